The first-order chi connectivity index (χ1) is 7.18. The van der Waals surface area contributed by atoms with Crippen LogP contribution in [-0.4, -0.2) is 17.7 Å². The zero-order chi connectivity index (χ0) is 10.8. The molecule has 4 nitrogen and oxygen atoms in total. The predicted molar refractivity (Wildman–Crippen MR) is 59.6 cm³/mol. The van der Waals surface area contributed by atoms with Gasteiger partial charge in [0.05, 0.1) is 5.69 Å². The van der Waals surface area contributed by atoms with Crippen molar-refractivity contribution in [3.8, 4) is 0 Å². The van der Waals surface area contributed by atoms with E-state index < -0.39 is 6.09 Å². The summed E-state index contributed by atoms with van der Waals surface area (Å²) in [7, 11) is 0. The van der Waals surface area contributed by atoms with E-state index in [0.29, 0.717) is 10.1 Å². The van der Waals surface area contributed by atoms with Gasteiger partial charge in [0.1, 0.15) is 0 Å². The van der Waals surface area contributed by atoms with Crippen LogP contribution in [0.25, 0.3) is 0 Å². The van der Waals surface area contributed by atoms with Crippen LogP contribution in [0.4, 0.5) is 16.2 Å². The molecule has 1 aliphatic rings. The lowest BCUT2D eigenvalue weighted by molar-refractivity contribution is 0.206. The van der Waals surface area contributed by atoms with Gasteiger partial charge in [0.15, 0.2) is 0 Å². The van der Waals surface area contributed by atoms with E-state index in [1.165, 1.54) is 5.56 Å². The summed E-state index contributed by atoms with van der Waals surface area (Å²) >= 11 is 5.59. The summed E-state index contributed by atoms with van der Waals surface area (Å²) in [6.45, 7) is 0.922. The molecule has 15 heavy (non-hydrogen) atoms. The van der Waals surface area contributed by atoms with Crippen LogP contribution in [0.5, 0.6) is 0 Å². The average Bonchev–Trinajstić information content (AvgIpc) is 2.27. The molecule has 0 fully saturated rings. The van der Waals surface area contributed by atoms with Gasteiger partial charge in [0.2, 0.25) is 0 Å². The van der Waals surface area contributed by atoms with Crippen molar-refractivity contribution < 1.29 is 9.90 Å². The largest absolute Gasteiger partial charge is 0.464 e. The minimum Gasteiger partial charge on any atom is -0.464 e. The molecule has 1 amide bonds. The normalized spacial score (nSPS) is 13.9. The predicted octanol–water partition coefficient (Wildman–Crippen LogP) is 2.68. The molecule has 1 aromatic carbocycles. The number of halogens is 1. The highest BCUT2D eigenvalue weighted by Gasteiger charge is 2.14. The molecule has 0 radical (unpaired) electrons. The van der Waals surface area contributed by atoms with E-state index >= 15 is 0 Å². The lowest BCUT2D eigenvalue weighted by Gasteiger charge is -2.19. The second-order valence-electron chi connectivity index (χ2n) is 3.44. The third kappa shape index (κ3) is 1.99. The van der Waals surface area contributed by atoms with Gasteiger partial charge in [-0.25, -0.2) is 4.79 Å². The number of nitrogens with zero attached hydrogens (tertiary/aromatic N) is 1. The number of amides is 1. The molecule has 0 spiro atoms. The van der Waals surface area contributed by atoms with Crippen LogP contribution in [0, 0.1) is 0 Å². The lowest BCUT2D eigenvalue weighted by atomic mass is 10.0. The molecule has 0 aliphatic carbocycles. The van der Waals surface area contributed by atoms with Crippen LogP contribution in [0.15, 0.2) is 18.2 Å². The quantitative estimate of drug-likeness (QED) is 0.724. The number of anilines is 2. The Bertz CT molecular complexity index is 395. The minimum absolute atomic E-state index is 0.470. The molecular weight excluding hydrogens is 216 g/mol. The van der Waals surface area contributed by atoms with Gasteiger partial charge in [-0.1, -0.05) is 6.07 Å². The molecule has 2 N–H and O–H groups in total. The molecule has 1 aromatic rings. The summed E-state index contributed by atoms with van der Waals surface area (Å²) in [6, 6.07) is 5.39. The van der Waals surface area contributed by atoms with E-state index in [9.17, 15) is 4.79 Å². The molecule has 0 atom stereocenters. The van der Waals surface area contributed by atoms with Crippen LogP contribution in [0.3, 0.4) is 0 Å². The highest BCUT2D eigenvalue weighted by Crippen LogP contribution is 2.28. The lowest BCUT2D eigenvalue weighted by Crippen LogP contribution is -2.18. The maximum absolute atomic E-state index is 10.6. The molecule has 1 aliphatic heterocycles. The van der Waals surface area contributed by atoms with Crippen molar-refractivity contribution in [1.29, 1.82) is 0 Å². The van der Waals surface area contributed by atoms with E-state index in [-0.39, 0.29) is 0 Å². The van der Waals surface area contributed by atoms with Crippen molar-refractivity contribution >= 4 is 29.2 Å². The Balaban J connectivity index is 2.31. The summed E-state index contributed by atoms with van der Waals surface area (Å²) in [5, 5.41) is 11.9. The van der Waals surface area contributed by atoms with Crippen molar-refractivity contribution in [3.63, 3.8) is 0 Å². The summed E-state index contributed by atoms with van der Waals surface area (Å²) in [5.41, 5.74) is 2.66. The van der Waals surface area contributed by atoms with E-state index in [4.69, 9.17) is 16.9 Å². The Morgan fingerprint density at radius 2 is 2.33 bits per heavy atom. The van der Waals surface area contributed by atoms with Gasteiger partial charge in [-0.2, -0.15) is 4.42 Å². The maximum Gasteiger partial charge on any atom is 0.426 e. The number of carbonyl (C=O) groups is 1. The van der Waals surface area contributed by atoms with Crippen LogP contribution < -0.4 is 9.74 Å². The van der Waals surface area contributed by atoms with Crippen molar-refractivity contribution in [2.24, 2.45) is 0 Å². The highest BCUT2D eigenvalue weighted by atomic mass is 35.5. The van der Waals surface area contributed by atoms with Crippen molar-refractivity contribution in [3.05, 3.63) is 23.8 Å². The number of benzene rings is 1. The molecular formula is C10H11ClN2O2. The number of fused-ring (bicyclic) bond motifs is 1. The number of rotatable bonds is 1. The number of hydrogen-bond donors (Lipinski definition) is 2. The Kier molecular flexibility index (Phi) is 2.68. The standard InChI is InChI=1S/C10H11ClN2O2/c11-13(10(14)15)8-4-3-7-2-1-5-12-9(7)6-8/h3-4,6,12H,1-2,5H2,(H,14,15). The van der Waals surface area contributed by atoms with Crippen LogP contribution in [0.1, 0.15) is 12.0 Å². The molecule has 1 heterocycles. The van der Waals surface area contributed by atoms with Crippen LogP contribution in [0.2, 0.25) is 0 Å². The SMILES string of the molecule is O=C(O)N(Cl)c1ccc2c(c1)NCCC2. The summed E-state index contributed by atoms with van der Waals surface area (Å²) in [5.74, 6) is 0. The monoisotopic (exact) mass is 226 g/mol. The fraction of sp³-hybridized carbons (Fsp3) is 0.300. The van der Waals surface area contributed by atoms with Gasteiger partial charge in [0, 0.05) is 24.0 Å². The summed E-state index contributed by atoms with van der Waals surface area (Å²) in [6.07, 6.45) is 0.959. The van der Waals surface area contributed by atoms with E-state index in [1.807, 2.05) is 6.07 Å². The van der Waals surface area contributed by atoms with Gasteiger partial charge in [0.25, 0.3) is 0 Å². The topological polar surface area (TPSA) is 52.6 Å². The second-order valence-corrected chi connectivity index (χ2v) is 3.77. The summed E-state index contributed by atoms with van der Waals surface area (Å²) < 4.78 is 0.691. The highest BCUT2D eigenvalue weighted by molar-refractivity contribution is 6.35. The molecule has 0 saturated carbocycles. The van der Waals surface area contributed by atoms with E-state index in [1.54, 1.807) is 12.1 Å². The smallest absolute Gasteiger partial charge is 0.426 e. The van der Waals surface area contributed by atoms with Gasteiger partial charge >= 0.3 is 6.09 Å². The van der Waals surface area contributed by atoms with Gasteiger partial charge in [-0.05, 0) is 30.5 Å². The third-order valence-corrected chi connectivity index (χ3v) is 2.77. The Labute approximate surface area is 92.6 Å². The molecule has 5 heteroatoms. The van der Waals surface area contributed by atoms with Crippen molar-refractivity contribution in [1.82, 2.24) is 0 Å². The zero-order valence-corrected chi connectivity index (χ0v) is 8.79. The molecule has 80 valence electrons. The summed E-state index contributed by atoms with van der Waals surface area (Å²) in [4.78, 5) is 10.6. The molecule has 2 rings (SSSR count). The first-order valence-corrected chi connectivity index (χ1v) is 5.08. The molecule has 0 unspecified atom stereocenters. The zero-order valence-electron chi connectivity index (χ0n) is 8.03. The molecule has 0 aromatic heterocycles. The molecule has 0 saturated heterocycles. The van der Waals surface area contributed by atoms with Crippen LogP contribution >= 0.6 is 11.8 Å². The number of nitrogens with one attached hydrogen (secondary N) is 1. The Morgan fingerprint density at radius 3 is 3.07 bits per heavy atom. The number of carboxylic acid groups (broad SMARTS) is 1. The Hall–Kier alpha value is -1.42. The number of aryl methyl sites for hydroxylation is 1. The molecule has 0 bridgehead atoms. The van der Waals surface area contributed by atoms with Crippen molar-refractivity contribution in [2.75, 3.05) is 16.3 Å². The fourth-order valence-electron chi connectivity index (χ4n) is 1.68. The van der Waals surface area contributed by atoms with Gasteiger partial charge in [-0.3, -0.25) is 0 Å². The van der Waals surface area contributed by atoms with E-state index in [2.05, 4.69) is 5.32 Å². The first kappa shape index (κ1) is 10.1. The number of hydrogen-bond acceptors (Lipinski definition) is 2. The Morgan fingerprint density at radius 1 is 1.53 bits per heavy atom. The first-order valence-electron chi connectivity index (χ1n) is 4.74. The van der Waals surface area contributed by atoms with Gasteiger partial charge < -0.3 is 10.4 Å². The third-order valence-electron chi connectivity index (χ3n) is 2.43. The second kappa shape index (κ2) is 3.98. The van der Waals surface area contributed by atoms with Crippen LogP contribution in [-0.2, 0) is 6.42 Å². The fourth-order valence-corrected chi connectivity index (χ4v) is 1.79. The minimum atomic E-state index is -1.17. The van der Waals surface area contributed by atoms with Crippen molar-refractivity contribution in [2.45, 2.75) is 12.8 Å². The van der Waals surface area contributed by atoms with E-state index in [0.717, 1.165) is 25.1 Å². The average molecular weight is 227 g/mol. The van der Waals surface area contributed by atoms with Gasteiger partial charge in [-0.15, -0.1) is 0 Å². The maximum atomic E-state index is 10.6.